The van der Waals surface area contributed by atoms with Crippen LogP contribution in [0, 0.1) is 5.92 Å². The molecule has 1 unspecified atom stereocenters. The average Bonchev–Trinajstić information content (AvgIpc) is 2.30. The first-order valence-electron chi connectivity index (χ1n) is 6.32. The van der Waals surface area contributed by atoms with Crippen molar-refractivity contribution in [2.45, 2.75) is 26.3 Å². The summed E-state index contributed by atoms with van der Waals surface area (Å²) in [7, 11) is 4.13. The molecule has 1 aromatic rings. The monoisotopic (exact) mass is 330 g/mol. The molecule has 1 heterocycles. The molecule has 6 nitrogen and oxygen atoms in total. The van der Waals surface area contributed by atoms with Gasteiger partial charge in [-0.2, -0.15) is 4.98 Å². The van der Waals surface area contributed by atoms with E-state index >= 15 is 0 Å². The number of hydrogen-bond acceptors (Lipinski definition) is 6. The molecule has 1 atom stereocenters. The van der Waals surface area contributed by atoms with Crippen molar-refractivity contribution < 1.29 is 0 Å². The molecule has 1 rings (SSSR count). The van der Waals surface area contributed by atoms with Crippen molar-refractivity contribution in [1.82, 2.24) is 14.9 Å². The predicted molar refractivity (Wildman–Crippen MR) is 83.0 cm³/mol. The minimum Gasteiger partial charge on any atom is -0.365 e. The zero-order valence-electron chi connectivity index (χ0n) is 11.9. The van der Waals surface area contributed by atoms with Gasteiger partial charge >= 0.3 is 0 Å². The zero-order chi connectivity index (χ0) is 14.4. The molecular weight excluding hydrogens is 308 g/mol. The lowest BCUT2D eigenvalue weighted by molar-refractivity contribution is 0.356. The molecule has 19 heavy (non-hydrogen) atoms. The third kappa shape index (κ3) is 5.71. The first-order valence-corrected chi connectivity index (χ1v) is 7.12. The van der Waals surface area contributed by atoms with Crippen molar-refractivity contribution in [3.8, 4) is 0 Å². The number of nitrogens with one attached hydrogen (secondary N) is 2. The highest BCUT2D eigenvalue weighted by molar-refractivity contribution is 9.10. The molecule has 0 aliphatic carbocycles. The predicted octanol–water partition coefficient (Wildman–Crippen LogP) is 1.91. The van der Waals surface area contributed by atoms with Gasteiger partial charge in [-0.25, -0.2) is 10.8 Å². The van der Waals surface area contributed by atoms with Crippen molar-refractivity contribution in [2.24, 2.45) is 11.8 Å². The van der Waals surface area contributed by atoms with Gasteiger partial charge in [-0.15, -0.1) is 0 Å². The van der Waals surface area contributed by atoms with Gasteiger partial charge in [-0.1, -0.05) is 13.8 Å². The van der Waals surface area contributed by atoms with Crippen LogP contribution in [0.25, 0.3) is 0 Å². The largest absolute Gasteiger partial charge is 0.365 e. The molecule has 7 heteroatoms. The number of nitrogens with zero attached hydrogens (tertiary/aromatic N) is 3. The second-order valence-electron chi connectivity index (χ2n) is 5.27. The SMILES string of the molecule is CC(C)CC(CN(C)C)Nc1nc(NN)ncc1Br. The highest BCUT2D eigenvalue weighted by Gasteiger charge is 2.14. The van der Waals surface area contributed by atoms with E-state index in [1.165, 1.54) is 0 Å². The molecule has 4 N–H and O–H groups in total. The van der Waals surface area contributed by atoms with E-state index in [9.17, 15) is 0 Å². The first kappa shape index (κ1) is 16.1. The maximum absolute atomic E-state index is 5.33. The van der Waals surface area contributed by atoms with Crippen molar-refractivity contribution in [1.29, 1.82) is 0 Å². The fourth-order valence-electron chi connectivity index (χ4n) is 1.92. The standard InChI is InChI=1S/C12H23BrN6/c1-8(2)5-9(7-19(3)4)16-11-10(13)6-15-12(17-11)18-14/h6,8-9H,5,7,14H2,1-4H3,(H2,15,16,17,18). The molecule has 0 saturated heterocycles. The number of anilines is 2. The van der Waals surface area contributed by atoms with Crippen molar-refractivity contribution in [3.63, 3.8) is 0 Å². The molecule has 0 fully saturated rings. The third-order valence-corrected chi connectivity index (χ3v) is 3.14. The van der Waals surface area contributed by atoms with Crippen LogP contribution in [0.15, 0.2) is 10.7 Å². The van der Waals surface area contributed by atoms with Gasteiger partial charge in [0.1, 0.15) is 5.82 Å². The number of halogens is 1. The lowest BCUT2D eigenvalue weighted by atomic mass is 10.0. The Labute approximate surface area is 123 Å². The summed E-state index contributed by atoms with van der Waals surface area (Å²) in [5.74, 6) is 7.11. The maximum atomic E-state index is 5.33. The Morgan fingerprint density at radius 3 is 2.63 bits per heavy atom. The number of aromatic nitrogens is 2. The summed E-state index contributed by atoms with van der Waals surface area (Å²) in [4.78, 5) is 10.5. The van der Waals surface area contributed by atoms with Crippen LogP contribution in [0.4, 0.5) is 11.8 Å². The molecular formula is C12H23BrN6. The van der Waals surface area contributed by atoms with Gasteiger partial charge < -0.3 is 10.2 Å². The number of nitrogens with two attached hydrogens (primary N) is 1. The van der Waals surface area contributed by atoms with Gasteiger partial charge in [-0.3, -0.25) is 5.43 Å². The highest BCUT2D eigenvalue weighted by Crippen LogP contribution is 2.22. The Morgan fingerprint density at radius 1 is 1.42 bits per heavy atom. The van der Waals surface area contributed by atoms with Gasteiger partial charge in [0.15, 0.2) is 0 Å². The Bertz CT molecular complexity index is 386. The molecule has 0 bridgehead atoms. The van der Waals surface area contributed by atoms with Gasteiger partial charge in [0, 0.05) is 18.8 Å². The van der Waals surface area contributed by atoms with Gasteiger partial charge in [0.25, 0.3) is 0 Å². The van der Waals surface area contributed by atoms with Crippen molar-refractivity contribution in [2.75, 3.05) is 31.4 Å². The van der Waals surface area contributed by atoms with Crippen LogP contribution in [0.1, 0.15) is 20.3 Å². The van der Waals surface area contributed by atoms with Crippen molar-refractivity contribution in [3.05, 3.63) is 10.7 Å². The second kappa shape index (κ2) is 7.62. The Hall–Kier alpha value is -0.920. The first-order chi connectivity index (χ1) is 8.92. The molecule has 0 aliphatic rings. The summed E-state index contributed by atoms with van der Waals surface area (Å²) < 4.78 is 0.832. The van der Waals surface area contributed by atoms with Crippen molar-refractivity contribution >= 4 is 27.7 Å². The number of nitrogen functional groups attached to an aromatic ring is 1. The molecule has 0 aromatic carbocycles. The number of likely N-dealkylation sites (N-methyl/N-ethyl adjacent to an activating group) is 1. The van der Waals surface area contributed by atoms with Crippen LogP contribution >= 0.6 is 15.9 Å². The molecule has 108 valence electrons. The zero-order valence-corrected chi connectivity index (χ0v) is 13.5. The molecule has 0 spiro atoms. The molecule has 0 radical (unpaired) electrons. The Balaban J connectivity index is 2.82. The summed E-state index contributed by atoms with van der Waals surface area (Å²) >= 11 is 3.45. The number of rotatable bonds is 7. The topological polar surface area (TPSA) is 79.1 Å². The van der Waals surface area contributed by atoms with Crippen LogP contribution in [-0.2, 0) is 0 Å². The Morgan fingerprint density at radius 2 is 2.11 bits per heavy atom. The van der Waals surface area contributed by atoms with Gasteiger partial charge in [0.2, 0.25) is 5.95 Å². The summed E-state index contributed by atoms with van der Waals surface area (Å²) in [5, 5.41) is 3.45. The smallest absolute Gasteiger partial charge is 0.239 e. The van der Waals surface area contributed by atoms with E-state index in [0.717, 1.165) is 23.3 Å². The van der Waals surface area contributed by atoms with E-state index in [1.807, 2.05) is 0 Å². The highest BCUT2D eigenvalue weighted by atomic mass is 79.9. The normalized spacial score (nSPS) is 12.8. The fourth-order valence-corrected chi connectivity index (χ4v) is 2.23. The lowest BCUT2D eigenvalue weighted by Gasteiger charge is -2.25. The minimum absolute atomic E-state index is 0.326. The van der Waals surface area contributed by atoms with Crippen LogP contribution < -0.4 is 16.6 Å². The molecule has 0 amide bonds. The molecule has 0 aliphatic heterocycles. The summed E-state index contributed by atoms with van der Waals surface area (Å²) in [6, 6.07) is 0.326. The quantitative estimate of drug-likeness (QED) is 0.523. The maximum Gasteiger partial charge on any atom is 0.239 e. The van der Waals surface area contributed by atoms with Crippen LogP contribution in [-0.4, -0.2) is 41.5 Å². The Kier molecular flexibility index (Phi) is 6.47. The second-order valence-corrected chi connectivity index (χ2v) is 6.12. The van der Waals surface area contributed by atoms with E-state index in [-0.39, 0.29) is 0 Å². The van der Waals surface area contributed by atoms with E-state index in [0.29, 0.717) is 17.9 Å². The van der Waals surface area contributed by atoms with Gasteiger partial charge in [-0.05, 0) is 42.4 Å². The van der Waals surface area contributed by atoms with Crippen LogP contribution in [0.3, 0.4) is 0 Å². The van der Waals surface area contributed by atoms with Gasteiger partial charge in [0.05, 0.1) is 4.47 Å². The summed E-state index contributed by atoms with van der Waals surface area (Å²) in [6.07, 6.45) is 2.76. The van der Waals surface area contributed by atoms with E-state index in [1.54, 1.807) is 6.20 Å². The lowest BCUT2D eigenvalue weighted by Crippen LogP contribution is -2.34. The summed E-state index contributed by atoms with van der Waals surface area (Å²) in [5.41, 5.74) is 2.46. The summed E-state index contributed by atoms with van der Waals surface area (Å²) in [6.45, 7) is 5.37. The molecule has 0 saturated carbocycles. The molecule has 1 aromatic heterocycles. The number of hydrogen-bond donors (Lipinski definition) is 3. The van der Waals surface area contributed by atoms with Crippen LogP contribution in [0.5, 0.6) is 0 Å². The number of hydrazine groups is 1. The van der Waals surface area contributed by atoms with E-state index in [4.69, 9.17) is 5.84 Å². The third-order valence-electron chi connectivity index (χ3n) is 2.56. The fraction of sp³-hybridized carbons (Fsp3) is 0.667. The van der Waals surface area contributed by atoms with E-state index in [2.05, 4.69) is 69.5 Å². The minimum atomic E-state index is 0.326. The van der Waals surface area contributed by atoms with E-state index < -0.39 is 0 Å². The average molecular weight is 331 g/mol. The van der Waals surface area contributed by atoms with Crippen LogP contribution in [0.2, 0.25) is 0 Å².